The molecule has 0 saturated heterocycles. The predicted octanol–water partition coefficient (Wildman–Crippen LogP) is 0.358. The first-order valence-electron chi connectivity index (χ1n) is 9.92. The van der Waals surface area contributed by atoms with E-state index in [4.69, 9.17) is 5.73 Å². The first kappa shape index (κ1) is 22.0. The summed E-state index contributed by atoms with van der Waals surface area (Å²) in [6.07, 6.45) is 1.36. The fourth-order valence-corrected chi connectivity index (χ4v) is 5.50. The first-order valence-corrected chi connectivity index (χ1v) is 11.8. The zero-order chi connectivity index (χ0) is 23.5. The Kier molecular flexibility index (Phi) is 5.13. The first-order chi connectivity index (χ1) is 14.9. The number of aliphatic hydroxyl groups is 2. The number of allylic oxidation sites excluding steroid dienone is 2. The number of rotatable bonds is 4. The van der Waals surface area contributed by atoms with Crippen LogP contribution in [-0.4, -0.2) is 47.5 Å². The van der Waals surface area contributed by atoms with Crippen molar-refractivity contribution in [3.05, 3.63) is 45.7 Å². The van der Waals surface area contributed by atoms with Gasteiger partial charge in [0, 0.05) is 18.5 Å². The molecule has 1 fully saturated rings. The van der Waals surface area contributed by atoms with Crippen LogP contribution in [0.1, 0.15) is 29.5 Å². The van der Waals surface area contributed by atoms with Gasteiger partial charge in [-0.2, -0.15) is 0 Å². The van der Waals surface area contributed by atoms with E-state index in [1.54, 1.807) is 0 Å². The van der Waals surface area contributed by atoms with Crippen molar-refractivity contribution in [2.24, 2.45) is 23.5 Å². The van der Waals surface area contributed by atoms with Crippen LogP contribution in [-0.2, 0) is 37.4 Å². The number of hydrogen-bond acceptors (Lipinski definition) is 8. The Hall–Kier alpha value is -3.18. The van der Waals surface area contributed by atoms with E-state index < -0.39 is 62.3 Å². The number of phenolic OH excluding ortho intramolecular Hbond substituents is 1. The summed E-state index contributed by atoms with van der Waals surface area (Å²) in [5.41, 5.74) is 5.67. The van der Waals surface area contributed by atoms with Crippen molar-refractivity contribution in [1.29, 1.82) is 0 Å². The number of hydrogen-bond donors (Lipinski definition) is 5. The van der Waals surface area contributed by atoms with E-state index in [1.807, 2.05) is 0 Å². The maximum Gasteiger partial charge on any atom is 0.255 e. The van der Waals surface area contributed by atoms with Crippen LogP contribution >= 0.6 is 0 Å². The number of sulfonamides is 1. The topological polar surface area (TPSA) is 184 Å². The number of nitrogens with two attached hydrogens (primary N) is 1. The van der Waals surface area contributed by atoms with Crippen molar-refractivity contribution in [3.63, 3.8) is 0 Å². The Bertz CT molecular complexity index is 1240. The van der Waals surface area contributed by atoms with Crippen LogP contribution in [0.25, 0.3) is 5.76 Å². The summed E-state index contributed by atoms with van der Waals surface area (Å²) in [6.45, 7) is -0.0687. The van der Waals surface area contributed by atoms with E-state index >= 15 is 0 Å². The predicted molar refractivity (Wildman–Crippen MR) is 112 cm³/mol. The molecule has 3 aliphatic rings. The largest absolute Gasteiger partial charge is 0.511 e. The van der Waals surface area contributed by atoms with E-state index in [0.29, 0.717) is 11.1 Å². The van der Waals surface area contributed by atoms with Crippen LogP contribution < -0.4 is 10.5 Å². The van der Waals surface area contributed by atoms with E-state index in [1.165, 1.54) is 12.1 Å². The third-order valence-electron chi connectivity index (χ3n) is 6.39. The van der Waals surface area contributed by atoms with E-state index in [9.17, 15) is 38.1 Å². The average molecular weight is 462 g/mol. The second-order valence-corrected chi connectivity index (χ2v) is 10.3. The lowest BCUT2D eigenvalue weighted by Crippen LogP contribution is -2.44. The second kappa shape index (κ2) is 7.45. The summed E-state index contributed by atoms with van der Waals surface area (Å²) >= 11 is 0. The van der Waals surface area contributed by atoms with Gasteiger partial charge in [0.2, 0.25) is 10.0 Å². The van der Waals surface area contributed by atoms with Gasteiger partial charge in [0.15, 0.2) is 11.6 Å². The van der Waals surface area contributed by atoms with Crippen molar-refractivity contribution in [2.45, 2.75) is 25.8 Å². The van der Waals surface area contributed by atoms with Gasteiger partial charge < -0.3 is 21.1 Å². The van der Waals surface area contributed by atoms with E-state index in [-0.39, 0.29) is 42.7 Å². The molecule has 1 aromatic carbocycles. The molecule has 0 bridgehead atoms. The van der Waals surface area contributed by atoms with Crippen molar-refractivity contribution in [2.75, 3.05) is 6.26 Å². The van der Waals surface area contributed by atoms with Gasteiger partial charge in [0.1, 0.15) is 22.8 Å². The molecule has 10 nitrogen and oxygen atoms in total. The number of carbonyl (C=O) groups excluding carboxylic acids is 3. The van der Waals surface area contributed by atoms with Gasteiger partial charge in [-0.05, 0) is 41.9 Å². The van der Waals surface area contributed by atoms with Crippen LogP contribution in [0.4, 0.5) is 0 Å². The fraction of sp³-hybridized carbons (Fsp3) is 0.381. The molecule has 170 valence electrons. The highest BCUT2D eigenvalue weighted by Crippen LogP contribution is 2.50. The van der Waals surface area contributed by atoms with Gasteiger partial charge in [-0.15, -0.1) is 0 Å². The molecule has 0 heterocycles. The number of fused-ring (bicyclic) bond motifs is 3. The minimum Gasteiger partial charge on any atom is -0.511 e. The number of phenols is 1. The number of nitrogens with one attached hydrogen (secondary N) is 1. The van der Waals surface area contributed by atoms with E-state index in [2.05, 4.69) is 4.72 Å². The number of primary amides is 1. The maximum absolute atomic E-state index is 13.3. The highest BCUT2D eigenvalue weighted by molar-refractivity contribution is 7.88. The Morgan fingerprint density at radius 3 is 2.50 bits per heavy atom. The monoisotopic (exact) mass is 462 g/mol. The lowest BCUT2D eigenvalue weighted by atomic mass is 9.61. The zero-order valence-electron chi connectivity index (χ0n) is 17.1. The number of benzene rings is 1. The molecule has 4 rings (SSSR count). The fourth-order valence-electron chi connectivity index (χ4n) is 5.08. The highest BCUT2D eigenvalue weighted by atomic mass is 32.2. The number of amides is 1. The number of aromatic hydroxyl groups is 1. The van der Waals surface area contributed by atoms with E-state index in [0.717, 1.165) is 6.26 Å². The third kappa shape index (κ3) is 3.47. The minimum absolute atomic E-state index is 0.00647. The molecule has 1 aromatic rings. The summed E-state index contributed by atoms with van der Waals surface area (Å²) in [5, 5.41) is 31.9. The molecule has 1 saturated carbocycles. The Morgan fingerprint density at radius 1 is 1.19 bits per heavy atom. The smallest absolute Gasteiger partial charge is 0.255 e. The summed E-state index contributed by atoms with van der Waals surface area (Å²) < 4.78 is 25.4. The summed E-state index contributed by atoms with van der Waals surface area (Å²) in [4.78, 5) is 37.2. The zero-order valence-corrected chi connectivity index (χ0v) is 17.9. The molecule has 1 amide bonds. The molecule has 11 heteroatoms. The maximum atomic E-state index is 13.3. The quantitative estimate of drug-likeness (QED) is 0.397. The molecule has 32 heavy (non-hydrogen) atoms. The molecule has 2 unspecified atom stereocenters. The Balaban J connectivity index is 1.82. The van der Waals surface area contributed by atoms with Gasteiger partial charge >= 0.3 is 0 Å². The number of carbonyl (C=O) groups is 3. The Labute approximate surface area is 183 Å². The molecule has 3 aliphatic carbocycles. The van der Waals surface area contributed by atoms with Crippen LogP contribution in [0.15, 0.2) is 29.0 Å². The van der Waals surface area contributed by atoms with Crippen molar-refractivity contribution >= 4 is 33.3 Å². The van der Waals surface area contributed by atoms with Crippen molar-refractivity contribution in [3.8, 4) is 5.75 Å². The molecule has 0 radical (unpaired) electrons. The van der Waals surface area contributed by atoms with Gasteiger partial charge in [-0.25, -0.2) is 13.1 Å². The molecule has 3 atom stereocenters. The molecule has 0 spiro atoms. The normalized spacial score (nSPS) is 25.3. The average Bonchev–Trinajstić information content (AvgIpc) is 2.65. The third-order valence-corrected chi connectivity index (χ3v) is 7.06. The van der Waals surface area contributed by atoms with Gasteiger partial charge in [-0.3, -0.25) is 14.4 Å². The number of ketones is 2. The summed E-state index contributed by atoms with van der Waals surface area (Å²) in [5.74, 6) is -6.05. The van der Waals surface area contributed by atoms with Crippen LogP contribution in [0.2, 0.25) is 0 Å². The van der Waals surface area contributed by atoms with Gasteiger partial charge in [0.05, 0.1) is 17.7 Å². The molecule has 6 N–H and O–H groups in total. The molecular formula is C21H22N2O8S. The van der Waals surface area contributed by atoms with Crippen LogP contribution in [0.5, 0.6) is 5.75 Å². The van der Waals surface area contributed by atoms with Gasteiger partial charge in [-0.1, -0.05) is 6.07 Å². The Morgan fingerprint density at radius 2 is 1.88 bits per heavy atom. The standard InChI is InChI=1S/C21H22N2O8S/c1-32(30,31)23-7-8-2-3-12(24)16-11(8)5-9-4-10-6-13(25)17(21(22)29)20(28)15(10)18(26)14(9)19(16)27/h2-3,9-10,15,23-24,27-28H,4-7H2,1H3,(H2,22,29)/t9-,10?,15?/m1/s1. The van der Waals surface area contributed by atoms with Crippen molar-refractivity contribution < 1.29 is 38.1 Å². The van der Waals surface area contributed by atoms with Crippen molar-refractivity contribution in [1.82, 2.24) is 4.72 Å². The molecule has 0 aromatic heterocycles. The summed E-state index contributed by atoms with van der Waals surface area (Å²) in [6, 6.07) is 2.84. The lowest BCUT2D eigenvalue weighted by Gasteiger charge is -2.41. The minimum atomic E-state index is -3.49. The molecule has 0 aliphatic heterocycles. The number of aliphatic hydroxyl groups excluding tert-OH is 2. The summed E-state index contributed by atoms with van der Waals surface area (Å²) in [7, 11) is -3.49. The van der Waals surface area contributed by atoms with Gasteiger partial charge in [0.25, 0.3) is 5.91 Å². The second-order valence-electron chi connectivity index (χ2n) is 8.44. The SMILES string of the molecule is CS(=O)(=O)NCc1ccc(O)c2c1C[C@H]1CC3CC(=O)C(C(N)=O)=C(O)C3C(=O)C1=C2O. The molecular weight excluding hydrogens is 440 g/mol. The van der Waals surface area contributed by atoms with Crippen LogP contribution in [0.3, 0.4) is 0 Å². The highest BCUT2D eigenvalue weighted by Gasteiger charge is 2.50. The van der Waals surface area contributed by atoms with Crippen LogP contribution in [0, 0.1) is 17.8 Å². The number of Topliss-reactive ketones (excluding diaryl/α,β-unsaturated/α-hetero) is 2. The lowest BCUT2D eigenvalue weighted by molar-refractivity contribution is -0.127.